The number of ether oxygens (including phenoxy) is 4. The molecular formula is C30H36N2O7. The van der Waals surface area contributed by atoms with Gasteiger partial charge in [0.25, 0.3) is 0 Å². The zero-order valence-electron chi connectivity index (χ0n) is 22.4. The van der Waals surface area contributed by atoms with Crippen LogP contribution >= 0.6 is 0 Å². The first kappa shape index (κ1) is 29.3. The number of hydrogen-bond donors (Lipinski definition) is 2. The van der Waals surface area contributed by atoms with Crippen LogP contribution in [0.5, 0.6) is 17.2 Å². The van der Waals surface area contributed by atoms with Crippen LogP contribution in [0.2, 0.25) is 0 Å². The van der Waals surface area contributed by atoms with Gasteiger partial charge in [0.05, 0.1) is 20.3 Å². The number of hydrogen-bond acceptors (Lipinski definition) is 6. The van der Waals surface area contributed by atoms with E-state index in [4.69, 9.17) is 18.9 Å². The van der Waals surface area contributed by atoms with Gasteiger partial charge in [0.15, 0.2) is 6.10 Å². The predicted octanol–water partition coefficient (Wildman–Crippen LogP) is 5.11. The summed E-state index contributed by atoms with van der Waals surface area (Å²) in [4.78, 5) is 26.1. The highest BCUT2D eigenvalue weighted by molar-refractivity contribution is 5.89. The summed E-state index contributed by atoms with van der Waals surface area (Å²) in [7, 11) is 1.59. The van der Waals surface area contributed by atoms with Gasteiger partial charge >= 0.3 is 12.0 Å². The van der Waals surface area contributed by atoms with Gasteiger partial charge < -0.3 is 34.3 Å². The molecule has 0 fully saturated rings. The molecular weight excluding hydrogens is 500 g/mol. The highest BCUT2D eigenvalue weighted by Gasteiger charge is 2.18. The van der Waals surface area contributed by atoms with Gasteiger partial charge in [-0.3, -0.25) is 0 Å². The summed E-state index contributed by atoms with van der Waals surface area (Å²) in [5.74, 6) is 1.14. The average molecular weight is 537 g/mol. The Morgan fingerprint density at radius 2 is 1.49 bits per heavy atom. The summed E-state index contributed by atoms with van der Waals surface area (Å²) >= 11 is 0. The number of carboxylic acids is 1. The van der Waals surface area contributed by atoms with E-state index in [-0.39, 0.29) is 19.1 Å². The number of para-hydroxylation sites is 1. The zero-order chi connectivity index (χ0) is 27.9. The molecule has 0 aliphatic heterocycles. The Bertz CT molecular complexity index is 1140. The molecule has 0 radical (unpaired) electrons. The van der Waals surface area contributed by atoms with Gasteiger partial charge in [-0.15, -0.1) is 0 Å². The van der Waals surface area contributed by atoms with Crippen LogP contribution in [0.15, 0.2) is 78.9 Å². The van der Waals surface area contributed by atoms with Crippen molar-refractivity contribution in [2.75, 3.05) is 45.3 Å². The minimum Gasteiger partial charge on any atom is -0.497 e. The van der Waals surface area contributed by atoms with E-state index >= 15 is 0 Å². The first-order chi connectivity index (χ1) is 19.0. The van der Waals surface area contributed by atoms with Crippen molar-refractivity contribution in [1.29, 1.82) is 0 Å². The maximum atomic E-state index is 13.1. The fraction of sp³-hybridized carbons (Fsp3) is 0.333. The largest absolute Gasteiger partial charge is 0.497 e. The molecule has 0 bridgehead atoms. The second-order valence-electron chi connectivity index (χ2n) is 8.64. The number of carboxylic acid groups (broad SMARTS) is 1. The van der Waals surface area contributed by atoms with Crippen LogP contribution in [0, 0.1) is 0 Å². The lowest BCUT2D eigenvalue weighted by molar-refractivity contribution is -0.149. The van der Waals surface area contributed by atoms with Gasteiger partial charge in [0.2, 0.25) is 0 Å². The summed E-state index contributed by atoms with van der Waals surface area (Å²) in [6, 6.07) is 23.7. The number of nitrogens with one attached hydrogen (secondary N) is 1. The van der Waals surface area contributed by atoms with Crippen molar-refractivity contribution in [2.24, 2.45) is 0 Å². The van der Waals surface area contributed by atoms with E-state index in [0.29, 0.717) is 49.9 Å². The molecule has 3 aromatic carbocycles. The number of amides is 2. The Morgan fingerprint density at radius 3 is 2.13 bits per heavy atom. The van der Waals surface area contributed by atoms with E-state index in [0.717, 1.165) is 11.3 Å². The van der Waals surface area contributed by atoms with Gasteiger partial charge in [-0.05, 0) is 67.4 Å². The number of nitrogens with zero attached hydrogens (tertiary/aromatic N) is 1. The van der Waals surface area contributed by atoms with Crippen molar-refractivity contribution < 1.29 is 33.6 Å². The van der Waals surface area contributed by atoms with Gasteiger partial charge in [-0.2, -0.15) is 0 Å². The number of anilines is 1. The standard InChI is InChI=1S/C30H36N2O7/c1-3-37-28(29(33)34)22-23-10-14-27(15-11-23)39-21-19-32(18-7-20-38-26-8-5-4-6-9-26)30(35)31-24-12-16-25(36-2)17-13-24/h4-6,8-17,28H,3,7,18-22H2,1-2H3,(H,31,35)(H,33,34). The Balaban J connectivity index is 1.54. The summed E-state index contributed by atoms with van der Waals surface area (Å²) in [5.41, 5.74) is 1.50. The van der Waals surface area contributed by atoms with Crippen LogP contribution < -0.4 is 19.5 Å². The molecule has 0 spiro atoms. The summed E-state index contributed by atoms with van der Waals surface area (Å²) in [6.45, 7) is 3.69. The van der Waals surface area contributed by atoms with E-state index < -0.39 is 12.1 Å². The fourth-order valence-electron chi connectivity index (χ4n) is 3.78. The van der Waals surface area contributed by atoms with E-state index in [1.807, 2.05) is 42.5 Å². The third kappa shape index (κ3) is 10.2. The lowest BCUT2D eigenvalue weighted by atomic mass is 10.1. The third-order valence-electron chi connectivity index (χ3n) is 5.83. The van der Waals surface area contributed by atoms with Crippen molar-refractivity contribution in [1.82, 2.24) is 4.90 Å². The molecule has 39 heavy (non-hydrogen) atoms. The third-order valence-corrected chi connectivity index (χ3v) is 5.83. The highest BCUT2D eigenvalue weighted by Crippen LogP contribution is 2.17. The van der Waals surface area contributed by atoms with Crippen LogP contribution in [-0.4, -0.2) is 68.1 Å². The summed E-state index contributed by atoms with van der Waals surface area (Å²) < 4.78 is 22.1. The Morgan fingerprint density at radius 1 is 0.846 bits per heavy atom. The van der Waals surface area contributed by atoms with Crippen LogP contribution in [-0.2, 0) is 16.0 Å². The fourth-order valence-corrected chi connectivity index (χ4v) is 3.78. The molecule has 0 heterocycles. The SMILES string of the molecule is CCOC(Cc1ccc(OCCN(CCCOc2ccccc2)C(=O)Nc2ccc(OC)cc2)cc1)C(=O)O. The van der Waals surface area contributed by atoms with Gasteiger partial charge in [0.1, 0.15) is 23.9 Å². The molecule has 1 atom stereocenters. The highest BCUT2D eigenvalue weighted by atomic mass is 16.5. The molecule has 0 aliphatic carbocycles. The number of aliphatic carboxylic acids is 1. The van der Waals surface area contributed by atoms with Crippen LogP contribution in [0.1, 0.15) is 18.9 Å². The number of methoxy groups -OCH3 is 1. The minimum atomic E-state index is -0.987. The van der Waals surface area contributed by atoms with Crippen LogP contribution in [0.25, 0.3) is 0 Å². The predicted molar refractivity (Wildman–Crippen MR) is 149 cm³/mol. The molecule has 3 rings (SSSR count). The number of carbonyl (C=O) groups excluding carboxylic acids is 1. The molecule has 9 heteroatoms. The van der Waals surface area contributed by atoms with E-state index in [1.54, 1.807) is 55.3 Å². The first-order valence-electron chi connectivity index (χ1n) is 12.9. The van der Waals surface area contributed by atoms with Crippen molar-refractivity contribution in [2.45, 2.75) is 25.9 Å². The van der Waals surface area contributed by atoms with E-state index in [9.17, 15) is 14.7 Å². The first-order valence-corrected chi connectivity index (χ1v) is 12.9. The van der Waals surface area contributed by atoms with Gasteiger partial charge in [-0.25, -0.2) is 9.59 Å². The maximum absolute atomic E-state index is 13.1. The number of rotatable bonds is 16. The lowest BCUT2D eigenvalue weighted by Gasteiger charge is -2.23. The smallest absolute Gasteiger partial charge is 0.333 e. The summed E-state index contributed by atoms with van der Waals surface area (Å²) in [5, 5.41) is 12.2. The average Bonchev–Trinajstić information content (AvgIpc) is 2.95. The molecule has 0 aromatic heterocycles. The van der Waals surface area contributed by atoms with Crippen molar-refractivity contribution in [3.8, 4) is 17.2 Å². The second kappa shape index (κ2) is 15.9. The van der Waals surface area contributed by atoms with E-state index in [2.05, 4.69) is 5.32 Å². The molecule has 0 aliphatic rings. The van der Waals surface area contributed by atoms with Gasteiger partial charge in [-0.1, -0.05) is 30.3 Å². The Hall–Kier alpha value is -4.24. The molecule has 0 saturated heterocycles. The maximum Gasteiger partial charge on any atom is 0.333 e. The molecule has 2 amide bonds. The normalized spacial score (nSPS) is 11.3. The molecule has 3 aromatic rings. The Kier molecular flexibility index (Phi) is 11.9. The van der Waals surface area contributed by atoms with Crippen LogP contribution in [0.4, 0.5) is 10.5 Å². The van der Waals surface area contributed by atoms with Crippen molar-refractivity contribution >= 4 is 17.7 Å². The topological polar surface area (TPSA) is 107 Å². The number of benzene rings is 3. The molecule has 1 unspecified atom stereocenters. The van der Waals surface area contributed by atoms with Crippen LogP contribution in [0.3, 0.4) is 0 Å². The minimum absolute atomic E-state index is 0.241. The number of carbonyl (C=O) groups is 2. The van der Waals surface area contributed by atoms with Crippen molar-refractivity contribution in [3.63, 3.8) is 0 Å². The second-order valence-corrected chi connectivity index (χ2v) is 8.64. The Labute approximate surface area is 229 Å². The molecule has 2 N–H and O–H groups in total. The zero-order valence-corrected chi connectivity index (χ0v) is 22.4. The lowest BCUT2D eigenvalue weighted by Crippen LogP contribution is -2.39. The van der Waals surface area contributed by atoms with E-state index in [1.165, 1.54) is 0 Å². The number of urea groups is 1. The van der Waals surface area contributed by atoms with Crippen molar-refractivity contribution in [3.05, 3.63) is 84.4 Å². The van der Waals surface area contributed by atoms with Gasteiger partial charge in [0, 0.05) is 25.3 Å². The quantitative estimate of drug-likeness (QED) is 0.245. The molecule has 208 valence electrons. The molecule has 9 nitrogen and oxygen atoms in total. The molecule has 0 saturated carbocycles. The summed E-state index contributed by atoms with van der Waals surface area (Å²) in [6.07, 6.45) is 0.0308. The monoisotopic (exact) mass is 536 g/mol.